The van der Waals surface area contributed by atoms with Gasteiger partial charge in [0.1, 0.15) is 36.6 Å². The molecular weight excluding hydrogens is 841 g/mol. The Hall–Kier alpha value is -2.63. The van der Waals surface area contributed by atoms with Gasteiger partial charge in [-0.2, -0.15) is 0 Å². The lowest BCUT2D eigenvalue weighted by atomic mass is 9.33. The molecule has 0 aromatic heterocycles. The summed E-state index contributed by atoms with van der Waals surface area (Å²) < 4.78 is 63.9. The molecule has 0 amide bonds. The smallest absolute Gasteiger partial charge is 0.335 e. The molecule has 0 aromatic rings. The summed E-state index contributed by atoms with van der Waals surface area (Å²) >= 11 is 0. The highest BCUT2D eigenvalue weighted by atomic mass is 32.3. The monoisotopic (exact) mass is 901 g/mol. The van der Waals surface area contributed by atoms with Gasteiger partial charge in [0.05, 0.1) is 11.5 Å². The van der Waals surface area contributed by atoms with E-state index in [1.54, 1.807) is 6.92 Å². The molecule has 0 radical (unpaired) electrons. The summed E-state index contributed by atoms with van der Waals surface area (Å²) in [6.07, 6.45) is -15.7. The minimum atomic E-state index is -5.74. The molecule has 62 heavy (non-hydrogen) atoms. The molecule has 7 N–H and O–H groups in total. The van der Waals surface area contributed by atoms with Crippen molar-refractivity contribution in [3.8, 4) is 0 Å². The molecule has 5 aliphatic carbocycles. The van der Waals surface area contributed by atoms with E-state index in [0.717, 1.165) is 24.8 Å². The predicted molar refractivity (Wildman–Crippen MR) is 208 cm³/mol. The first-order valence-electron chi connectivity index (χ1n) is 21.4. The molecule has 19 atom stereocenters. The predicted octanol–water partition coefficient (Wildman–Crippen LogP) is 1.73. The zero-order chi connectivity index (χ0) is 46.1. The maximum absolute atomic E-state index is 14.9. The lowest BCUT2D eigenvalue weighted by molar-refractivity contribution is -0.369. The van der Waals surface area contributed by atoms with E-state index < -0.39 is 129 Å². The van der Waals surface area contributed by atoms with E-state index in [1.807, 2.05) is 19.9 Å². The molecule has 7 aliphatic rings. The third-order valence-electron chi connectivity index (χ3n) is 17.4. The molecule has 0 bridgehead atoms. The minimum Gasteiger partial charge on any atom is -0.726 e. The van der Waals surface area contributed by atoms with Gasteiger partial charge in [-0.15, -0.1) is 0 Å². The number of aliphatic hydroxyl groups is 4. The quantitative estimate of drug-likeness (QED) is 0.0984. The van der Waals surface area contributed by atoms with E-state index in [1.165, 1.54) is 0 Å². The number of allylic oxidation sites excluding steroid dienone is 2. The third-order valence-corrected chi connectivity index (χ3v) is 17.9. The number of carboxylic acids is 3. The van der Waals surface area contributed by atoms with E-state index in [4.69, 9.17) is 18.9 Å². The molecule has 6 fully saturated rings. The number of fused-ring (bicyclic) bond motifs is 7. The molecule has 19 nitrogen and oxygen atoms in total. The average molecular weight is 902 g/mol. The summed E-state index contributed by atoms with van der Waals surface area (Å²) in [7, 11) is -5.74. The van der Waals surface area contributed by atoms with Crippen LogP contribution in [-0.4, -0.2) is 140 Å². The molecule has 20 heteroatoms. The Morgan fingerprint density at radius 1 is 0.742 bits per heavy atom. The Kier molecular flexibility index (Phi) is 11.8. The molecule has 2 saturated heterocycles. The zero-order valence-electron chi connectivity index (χ0n) is 36.0. The molecule has 2 aliphatic heterocycles. The van der Waals surface area contributed by atoms with Crippen LogP contribution >= 0.6 is 0 Å². The molecule has 7 rings (SSSR count). The molecule has 0 unspecified atom stereocenters. The van der Waals surface area contributed by atoms with Crippen molar-refractivity contribution >= 4 is 34.1 Å². The fourth-order valence-corrected chi connectivity index (χ4v) is 14.1. The van der Waals surface area contributed by atoms with E-state index >= 15 is 0 Å². The van der Waals surface area contributed by atoms with Crippen LogP contribution in [0.4, 0.5) is 0 Å². The van der Waals surface area contributed by atoms with Gasteiger partial charge in [0.2, 0.25) is 10.4 Å². The van der Waals surface area contributed by atoms with Crippen LogP contribution in [0, 0.1) is 50.2 Å². The number of hydrogen-bond acceptors (Lipinski definition) is 16. The van der Waals surface area contributed by atoms with Crippen LogP contribution in [0.3, 0.4) is 0 Å². The van der Waals surface area contributed by atoms with Crippen molar-refractivity contribution in [2.75, 3.05) is 0 Å². The maximum atomic E-state index is 14.9. The van der Waals surface area contributed by atoms with Crippen LogP contribution < -0.4 is 0 Å². The number of aliphatic carboxylic acids is 3. The van der Waals surface area contributed by atoms with Crippen molar-refractivity contribution in [1.82, 2.24) is 0 Å². The van der Waals surface area contributed by atoms with E-state index in [2.05, 4.69) is 31.9 Å². The number of carbonyl (C=O) groups excluding carboxylic acids is 1. The van der Waals surface area contributed by atoms with Crippen molar-refractivity contribution in [3.63, 3.8) is 0 Å². The number of carboxylic acid groups (broad SMARTS) is 3. The Bertz CT molecular complexity index is 1990. The van der Waals surface area contributed by atoms with Gasteiger partial charge in [-0.25, -0.2) is 18.0 Å². The van der Waals surface area contributed by atoms with E-state index in [0.29, 0.717) is 32.1 Å². The van der Waals surface area contributed by atoms with Gasteiger partial charge in [0.15, 0.2) is 30.6 Å². The minimum absolute atomic E-state index is 0.00613. The van der Waals surface area contributed by atoms with Crippen molar-refractivity contribution in [1.29, 1.82) is 0 Å². The number of carbonyl (C=O) groups is 4. The fraction of sp³-hybridized carbons (Fsp3) is 0.857. The highest BCUT2D eigenvalue weighted by molar-refractivity contribution is 7.80. The largest absolute Gasteiger partial charge is 0.726 e. The first kappa shape index (κ1) is 47.3. The van der Waals surface area contributed by atoms with Gasteiger partial charge < -0.3 is 59.2 Å². The van der Waals surface area contributed by atoms with Crippen LogP contribution in [0.1, 0.15) is 106 Å². The second kappa shape index (κ2) is 15.5. The molecule has 350 valence electrons. The summed E-state index contributed by atoms with van der Waals surface area (Å²) in [6.45, 7) is 14.4. The van der Waals surface area contributed by atoms with Gasteiger partial charge in [0, 0.05) is 5.92 Å². The zero-order valence-corrected chi connectivity index (χ0v) is 36.8. The van der Waals surface area contributed by atoms with Gasteiger partial charge in [0.25, 0.3) is 0 Å². The number of rotatable bonds is 9. The highest BCUT2D eigenvalue weighted by Gasteiger charge is 2.71. The van der Waals surface area contributed by atoms with E-state index in [-0.39, 0.29) is 29.5 Å². The van der Waals surface area contributed by atoms with Crippen molar-refractivity contribution in [2.24, 2.45) is 50.2 Å². The Morgan fingerprint density at radius 2 is 1.34 bits per heavy atom. The van der Waals surface area contributed by atoms with Crippen LogP contribution in [0.25, 0.3) is 0 Å². The third kappa shape index (κ3) is 7.27. The first-order valence-corrected chi connectivity index (χ1v) is 22.7. The van der Waals surface area contributed by atoms with Crippen LogP contribution in [0.5, 0.6) is 0 Å². The standard InChI is InChI=1S/C42H62O19S/c1-37(2)21-8-11-42(7)31(20(43)16-18-19-17-39(4,36(52)53)13-12-38(19,3)14-15-41(18,42)6)40(21,5)10-9-22(37)57-35-30(27(61-62(54,55)56)26(47)29(59-35)33(50)51)60-34-25(46)23(44)24(45)28(58-34)32(48)49/h16,19,21-31,34-35,44-47H,8-15,17H2,1-7H3,(H,48,49)(H,50,51)(H,52,53)(H,54,55,56)/p-1/t19-,21-,22-,23-,24-,25+,26-,27-,28-,29-,30+,31+,34-,35-,38+,39-,40-,41+,42+/m0/s1. The van der Waals surface area contributed by atoms with Gasteiger partial charge in [-0.3, -0.25) is 13.8 Å². The van der Waals surface area contributed by atoms with Gasteiger partial charge in [-0.05, 0) is 110 Å². The first-order chi connectivity index (χ1) is 28.5. The lowest BCUT2D eigenvalue weighted by Gasteiger charge is -2.70. The fourth-order valence-electron chi connectivity index (χ4n) is 13.6. The van der Waals surface area contributed by atoms with Crippen LogP contribution in [-0.2, 0) is 52.7 Å². The van der Waals surface area contributed by atoms with Gasteiger partial charge >= 0.3 is 17.9 Å². The number of hydrogen-bond donors (Lipinski definition) is 7. The molecule has 4 saturated carbocycles. The highest BCUT2D eigenvalue weighted by Crippen LogP contribution is 2.75. The van der Waals surface area contributed by atoms with Crippen molar-refractivity contribution in [2.45, 2.75) is 174 Å². The van der Waals surface area contributed by atoms with Crippen molar-refractivity contribution in [3.05, 3.63) is 11.6 Å². The summed E-state index contributed by atoms with van der Waals surface area (Å²) in [5, 5.41) is 72.5. The average Bonchev–Trinajstić information content (AvgIpc) is 3.15. The molecule has 0 aromatic carbocycles. The maximum Gasteiger partial charge on any atom is 0.335 e. The van der Waals surface area contributed by atoms with E-state index in [9.17, 15) is 67.9 Å². The van der Waals surface area contributed by atoms with Crippen LogP contribution in [0.2, 0.25) is 0 Å². The topological polar surface area (TPSA) is 313 Å². The number of ketones is 1. The molecule has 0 spiro atoms. The lowest BCUT2D eigenvalue weighted by Crippen LogP contribution is -2.68. The summed E-state index contributed by atoms with van der Waals surface area (Å²) in [5.41, 5.74) is -2.36. The van der Waals surface area contributed by atoms with Crippen molar-refractivity contribution < 1.29 is 91.0 Å². The van der Waals surface area contributed by atoms with Gasteiger partial charge in [-0.1, -0.05) is 47.1 Å². The Labute approximate surface area is 360 Å². The molecule has 2 heterocycles. The summed E-state index contributed by atoms with van der Waals surface area (Å²) in [4.78, 5) is 51.7. The second-order valence-electron chi connectivity index (χ2n) is 21.1. The summed E-state index contributed by atoms with van der Waals surface area (Å²) in [6, 6.07) is 0. The SMILES string of the molecule is CC1(C)[C@@H](O[C@H]2O[C@H](C(=O)O)[C@@H](O)[C@H](OS(=O)(=O)[O-])[C@H]2O[C@@H]2O[C@H](C(=O)O)[C@@H](O)[C@H](O)[C@H]2O)CC[C@]2(C)[C@H]3C(=O)C=C4[C@@H]5C[C@@](C)(C(=O)O)CC[C@]5(C)CC[C@@]4(C)[C@]3(C)CC[C@@H]12. The Morgan fingerprint density at radius 3 is 1.94 bits per heavy atom. The van der Waals surface area contributed by atoms with Crippen LogP contribution in [0.15, 0.2) is 11.6 Å². The normalized spacial score (nSPS) is 50.2. The number of ether oxygens (including phenoxy) is 4. The molecular formula is C42H61O19S-. The second-order valence-corrected chi connectivity index (χ2v) is 22.1. The number of aliphatic hydroxyl groups excluding tert-OH is 4. The summed E-state index contributed by atoms with van der Waals surface area (Å²) in [5.74, 6) is -5.16. The Balaban J connectivity index is 1.21.